The summed E-state index contributed by atoms with van der Waals surface area (Å²) in [6, 6.07) is 23.7. The van der Waals surface area contributed by atoms with Crippen molar-refractivity contribution in [3.8, 4) is 11.1 Å². The minimum atomic E-state index is -4.36. The minimum Gasteiger partial charge on any atom is -0.348 e. The smallest absolute Gasteiger partial charge is 0.348 e. The topological polar surface area (TPSA) is 55.1 Å². The van der Waals surface area contributed by atoms with Crippen LogP contribution < -0.4 is 11.1 Å². The fourth-order valence-corrected chi connectivity index (χ4v) is 3.62. The van der Waals surface area contributed by atoms with E-state index in [2.05, 4.69) is 5.32 Å². The maximum absolute atomic E-state index is 12.7. The van der Waals surface area contributed by atoms with Gasteiger partial charge in [0.2, 0.25) is 0 Å². The highest BCUT2D eigenvalue weighted by Crippen LogP contribution is 2.31. The van der Waals surface area contributed by atoms with E-state index in [1.54, 1.807) is 24.3 Å². The average Bonchev–Trinajstić information content (AvgIpc) is 2.81. The summed E-state index contributed by atoms with van der Waals surface area (Å²) in [7, 11) is 0. The number of carbonyl (C=O) groups is 1. The van der Waals surface area contributed by atoms with Crippen LogP contribution in [-0.4, -0.2) is 5.91 Å². The fraction of sp³-hybridized carbons (Fsp3) is 0.115. The summed E-state index contributed by atoms with van der Waals surface area (Å²) in [6.45, 7) is 0.845. The second-order valence-electron chi connectivity index (χ2n) is 7.51. The van der Waals surface area contributed by atoms with Gasteiger partial charge in [-0.15, -0.1) is 0 Å². The number of fused-ring (bicyclic) bond motifs is 1. The molecule has 0 aliphatic rings. The molecule has 1 amide bonds. The molecule has 0 fully saturated rings. The maximum atomic E-state index is 12.7. The van der Waals surface area contributed by atoms with Crippen molar-refractivity contribution in [1.82, 2.24) is 5.32 Å². The molecule has 0 aromatic heterocycles. The lowest BCUT2D eigenvalue weighted by atomic mass is 10.0. The molecule has 0 heterocycles. The van der Waals surface area contributed by atoms with Crippen molar-refractivity contribution in [3.63, 3.8) is 0 Å². The highest BCUT2D eigenvalue weighted by molar-refractivity contribution is 5.95. The van der Waals surface area contributed by atoms with E-state index in [1.165, 1.54) is 12.1 Å². The highest BCUT2D eigenvalue weighted by Gasteiger charge is 2.29. The van der Waals surface area contributed by atoms with E-state index < -0.39 is 11.7 Å². The van der Waals surface area contributed by atoms with Crippen LogP contribution in [0.2, 0.25) is 0 Å². The van der Waals surface area contributed by atoms with Crippen molar-refractivity contribution < 1.29 is 18.0 Å². The number of nitrogens with one attached hydrogen (secondary N) is 1. The van der Waals surface area contributed by atoms with Crippen molar-refractivity contribution in [2.24, 2.45) is 5.73 Å². The third-order valence-corrected chi connectivity index (χ3v) is 5.40. The third kappa shape index (κ3) is 4.65. The van der Waals surface area contributed by atoms with Gasteiger partial charge in [-0.1, -0.05) is 54.6 Å². The molecule has 4 rings (SSSR count). The van der Waals surface area contributed by atoms with Crippen molar-refractivity contribution in [1.29, 1.82) is 0 Å². The minimum absolute atomic E-state index is 0.223. The number of carbonyl (C=O) groups excluding carboxylic acids is 1. The number of benzene rings is 4. The second kappa shape index (κ2) is 8.85. The van der Waals surface area contributed by atoms with Crippen LogP contribution in [-0.2, 0) is 19.3 Å². The Morgan fingerprint density at radius 2 is 1.50 bits per heavy atom. The van der Waals surface area contributed by atoms with Gasteiger partial charge in [-0.25, -0.2) is 0 Å². The molecule has 0 aliphatic heterocycles. The summed E-state index contributed by atoms with van der Waals surface area (Å²) in [6.07, 6.45) is -4.36. The maximum Gasteiger partial charge on any atom is 0.416 e. The molecular formula is C26H21F3N2O. The number of amides is 1. The van der Waals surface area contributed by atoms with Crippen molar-refractivity contribution in [3.05, 3.63) is 107 Å². The van der Waals surface area contributed by atoms with Gasteiger partial charge in [-0.05, 0) is 63.4 Å². The molecule has 0 bridgehead atoms. The van der Waals surface area contributed by atoms with E-state index in [0.29, 0.717) is 24.2 Å². The van der Waals surface area contributed by atoms with E-state index in [9.17, 15) is 18.0 Å². The monoisotopic (exact) mass is 434 g/mol. The average molecular weight is 434 g/mol. The van der Waals surface area contributed by atoms with Gasteiger partial charge in [-0.3, -0.25) is 4.79 Å². The van der Waals surface area contributed by atoms with Gasteiger partial charge in [0.15, 0.2) is 0 Å². The summed E-state index contributed by atoms with van der Waals surface area (Å²) in [5, 5.41) is 5.06. The van der Waals surface area contributed by atoms with Gasteiger partial charge in [0.25, 0.3) is 5.91 Å². The van der Waals surface area contributed by atoms with Crippen molar-refractivity contribution in [2.75, 3.05) is 0 Å². The lowest BCUT2D eigenvalue weighted by molar-refractivity contribution is -0.137. The molecule has 162 valence electrons. The molecule has 4 aromatic carbocycles. The van der Waals surface area contributed by atoms with E-state index in [1.807, 2.05) is 36.4 Å². The summed E-state index contributed by atoms with van der Waals surface area (Å²) in [5.41, 5.74) is 8.93. The zero-order chi connectivity index (χ0) is 22.7. The molecule has 0 spiro atoms. The molecular weight excluding hydrogens is 413 g/mol. The number of nitrogens with two attached hydrogens (primary N) is 1. The molecule has 0 saturated heterocycles. The Kier molecular flexibility index (Phi) is 5.97. The molecule has 0 atom stereocenters. The van der Waals surface area contributed by atoms with Gasteiger partial charge in [-0.2, -0.15) is 13.2 Å². The standard InChI is InChI=1S/C26H21F3N2O/c27-26(28,29)23-11-9-19(10-12-23)18-5-7-20(8-6-18)25(32)31-16-22-3-1-2-21-14-17(15-30)4-13-24(21)22/h1-14H,15-16,30H2,(H,31,32). The Labute approximate surface area is 183 Å². The summed E-state index contributed by atoms with van der Waals surface area (Å²) >= 11 is 0. The van der Waals surface area contributed by atoms with E-state index in [4.69, 9.17) is 5.73 Å². The SMILES string of the molecule is NCc1ccc2c(CNC(=O)c3ccc(-c4ccc(C(F)(F)F)cc4)cc3)cccc2c1. The fourth-order valence-electron chi connectivity index (χ4n) is 3.62. The predicted molar refractivity (Wildman–Crippen MR) is 120 cm³/mol. The Hall–Kier alpha value is -3.64. The Bertz CT molecular complexity index is 1250. The Morgan fingerprint density at radius 1 is 0.844 bits per heavy atom. The van der Waals surface area contributed by atoms with Crippen LogP contribution >= 0.6 is 0 Å². The molecule has 0 aliphatic carbocycles. The zero-order valence-corrected chi connectivity index (χ0v) is 17.1. The first-order valence-corrected chi connectivity index (χ1v) is 10.1. The summed E-state index contributed by atoms with van der Waals surface area (Å²) in [4.78, 5) is 12.6. The molecule has 3 nitrogen and oxygen atoms in total. The number of rotatable bonds is 5. The summed E-state index contributed by atoms with van der Waals surface area (Å²) < 4.78 is 38.2. The van der Waals surface area contributed by atoms with Crippen LogP contribution in [0.15, 0.2) is 84.9 Å². The first kappa shape index (κ1) is 21.6. The third-order valence-electron chi connectivity index (χ3n) is 5.40. The van der Waals surface area contributed by atoms with Gasteiger partial charge >= 0.3 is 6.18 Å². The van der Waals surface area contributed by atoms with Crippen molar-refractivity contribution in [2.45, 2.75) is 19.3 Å². The molecule has 6 heteroatoms. The highest BCUT2D eigenvalue weighted by atomic mass is 19.4. The summed E-state index contributed by atoms with van der Waals surface area (Å²) in [5.74, 6) is -0.223. The number of alkyl halides is 3. The number of halogens is 3. The normalized spacial score (nSPS) is 11.5. The predicted octanol–water partition coefficient (Wildman–Crippen LogP) is 5.91. The van der Waals surface area contributed by atoms with Crippen LogP contribution in [0.25, 0.3) is 21.9 Å². The van der Waals surface area contributed by atoms with Gasteiger partial charge in [0, 0.05) is 18.7 Å². The molecule has 0 radical (unpaired) electrons. The second-order valence-corrected chi connectivity index (χ2v) is 7.51. The molecule has 32 heavy (non-hydrogen) atoms. The van der Waals surface area contributed by atoms with Gasteiger partial charge in [0.05, 0.1) is 5.56 Å². The molecule has 0 saturated carbocycles. The zero-order valence-electron chi connectivity index (χ0n) is 17.1. The van der Waals surface area contributed by atoms with Crippen LogP contribution in [0.3, 0.4) is 0 Å². The van der Waals surface area contributed by atoms with E-state index >= 15 is 0 Å². The lowest BCUT2D eigenvalue weighted by Gasteiger charge is -2.10. The molecule has 4 aromatic rings. The van der Waals surface area contributed by atoms with Crippen LogP contribution in [0.4, 0.5) is 13.2 Å². The van der Waals surface area contributed by atoms with Crippen LogP contribution in [0, 0.1) is 0 Å². The lowest BCUT2D eigenvalue weighted by Crippen LogP contribution is -2.22. The van der Waals surface area contributed by atoms with Gasteiger partial charge in [0.1, 0.15) is 0 Å². The van der Waals surface area contributed by atoms with Crippen LogP contribution in [0.1, 0.15) is 27.0 Å². The number of hydrogen-bond acceptors (Lipinski definition) is 2. The van der Waals surface area contributed by atoms with Gasteiger partial charge < -0.3 is 11.1 Å². The Balaban J connectivity index is 1.45. The van der Waals surface area contributed by atoms with Crippen LogP contribution in [0.5, 0.6) is 0 Å². The van der Waals surface area contributed by atoms with Crippen molar-refractivity contribution >= 4 is 16.7 Å². The Morgan fingerprint density at radius 3 is 2.12 bits per heavy atom. The quantitative estimate of drug-likeness (QED) is 0.410. The first-order chi connectivity index (χ1) is 15.3. The number of hydrogen-bond donors (Lipinski definition) is 2. The van der Waals surface area contributed by atoms with E-state index in [0.717, 1.165) is 39.6 Å². The first-order valence-electron chi connectivity index (χ1n) is 10.1. The largest absolute Gasteiger partial charge is 0.416 e. The van der Waals surface area contributed by atoms with E-state index in [-0.39, 0.29) is 5.91 Å². The molecule has 3 N–H and O–H groups in total. The molecule has 0 unspecified atom stereocenters.